The number of amides is 2. The molecule has 4 rings (SSSR count). The molecule has 9 nitrogen and oxygen atoms in total. The van der Waals surface area contributed by atoms with E-state index in [1.807, 2.05) is 36.4 Å². The highest BCUT2D eigenvalue weighted by atomic mass is 16.7. The Labute approximate surface area is 224 Å². The summed E-state index contributed by atoms with van der Waals surface area (Å²) in [5.74, 6) is -0.823. The number of carbonyl (C=O) groups excluding carboxylic acids is 3. The van der Waals surface area contributed by atoms with Gasteiger partial charge in [-0.3, -0.25) is 19.8 Å². The van der Waals surface area contributed by atoms with Gasteiger partial charge in [-0.05, 0) is 54.6 Å². The Morgan fingerprint density at radius 3 is 2.55 bits per heavy atom. The second-order valence-corrected chi connectivity index (χ2v) is 11.0. The lowest BCUT2D eigenvalue weighted by Crippen LogP contribution is -2.47. The van der Waals surface area contributed by atoms with Crippen molar-refractivity contribution in [1.29, 1.82) is 0 Å². The van der Waals surface area contributed by atoms with Crippen LogP contribution in [-0.4, -0.2) is 68.0 Å². The molecule has 2 aromatic carbocycles. The van der Waals surface area contributed by atoms with Crippen molar-refractivity contribution in [1.82, 2.24) is 15.7 Å². The number of hydrogen-bond donors (Lipinski definition) is 3. The van der Waals surface area contributed by atoms with Gasteiger partial charge in [-0.2, -0.15) is 5.48 Å². The topological polar surface area (TPSA) is 103 Å². The van der Waals surface area contributed by atoms with Gasteiger partial charge in [0.2, 0.25) is 11.8 Å². The Morgan fingerprint density at radius 1 is 1.05 bits per heavy atom. The van der Waals surface area contributed by atoms with Crippen molar-refractivity contribution in [2.24, 2.45) is 0 Å². The highest BCUT2D eigenvalue weighted by molar-refractivity contribution is 6.01. The molecular weight excluding hydrogens is 482 g/mol. The molecular formula is C29H39N5O4. The predicted molar refractivity (Wildman–Crippen MR) is 148 cm³/mol. The van der Waals surface area contributed by atoms with Crippen molar-refractivity contribution in [3.05, 3.63) is 59.7 Å². The van der Waals surface area contributed by atoms with Gasteiger partial charge in [-0.15, -0.1) is 0 Å². The van der Waals surface area contributed by atoms with Gasteiger partial charge in [0.1, 0.15) is 6.04 Å². The van der Waals surface area contributed by atoms with Crippen LogP contribution in [-0.2, 0) is 19.8 Å². The Hall–Kier alpha value is -3.43. The van der Waals surface area contributed by atoms with Crippen molar-refractivity contribution in [2.75, 3.05) is 49.5 Å². The summed E-state index contributed by atoms with van der Waals surface area (Å²) < 4.78 is 0. The van der Waals surface area contributed by atoms with Crippen LogP contribution in [0.2, 0.25) is 0 Å². The second-order valence-electron chi connectivity index (χ2n) is 11.0. The zero-order valence-electron chi connectivity index (χ0n) is 22.6. The summed E-state index contributed by atoms with van der Waals surface area (Å²) >= 11 is 0. The van der Waals surface area contributed by atoms with Crippen LogP contribution in [0.3, 0.4) is 0 Å². The van der Waals surface area contributed by atoms with Crippen LogP contribution in [0, 0.1) is 0 Å². The summed E-state index contributed by atoms with van der Waals surface area (Å²) in [6.45, 7) is 11.5. The minimum atomic E-state index is -0.388. The standard InChI is InChI=1S/C29H39N5O4/c1-29(2,3)24-11-5-4-10-23(24)28(37)38-30-14-7-15-33-16-18-34(19-17-33)22-9-6-8-21(20-22)31-25-12-13-26(35)32-27(25)36/h4-6,8-11,20,25,30-31H,7,12-19H2,1-3H3,(H,32,35,36). The first-order chi connectivity index (χ1) is 18.2. The molecule has 0 aromatic heterocycles. The summed E-state index contributed by atoms with van der Waals surface area (Å²) in [7, 11) is 0. The average Bonchev–Trinajstić information content (AvgIpc) is 2.90. The van der Waals surface area contributed by atoms with Crippen LogP contribution in [0.5, 0.6) is 0 Å². The molecule has 1 atom stereocenters. The molecule has 2 heterocycles. The first-order valence-corrected chi connectivity index (χ1v) is 13.4. The lowest BCUT2D eigenvalue weighted by Gasteiger charge is -2.36. The highest BCUT2D eigenvalue weighted by Gasteiger charge is 2.26. The van der Waals surface area contributed by atoms with Crippen molar-refractivity contribution >= 4 is 29.2 Å². The third kappa shape index (κ3) is 7.33. The largest absolute Gasteiger partial charge is 0.374 e. The molecule has 2 saturated heterocycles. The van der Waals surface area contributed by atoms with Crippen molar-refractivity contribution < 1.29 is 19.2 Å². The monoisotopic (exact) mass is 521 g/mol. The molecule has 0 saturated carbocycles. The number of imide groups is 1. The molecule has 0 aliphatic carbocycles. The number of rotatable bonds is 9. The van der Waals surface area contributed by atoms with Crippen LogP contribution >= 0.6 is 0 Å². The zero-order valence-corrected chi connectivity index (χ0v) is 22.6. The summed E-state index contributed by atoms with van der Waals surface area (Å²) in [6.07, 6.45) is 1.74. The van der Waals surface area contributed by atoms with E-state index >= 15 is 0 Å². The number of piperazine rings is 1. The normalized spacial score (nSPS) is 18.7. The summed E-state index contributed by atoms with van der Waals surface area (Å²) in [4.78, 5) is 46.1. The predicted octanol–water partition coefficient (Wildman–Crippen LogP) is 3.07. The van der Waals surface area contributed by atoms with Crippen LogP contribution in [0.4, 0.5) is 11.4 Å². The molecule has 0 bridgehead atoms. The number of hydrogen-bond acceptors (Lipinski definition) is 8. The number of hydroxylamine groups is 1. The van der Waals surface area contributed by atoms with Crippen molar-refractivity contribution in [2.45, 2.75) is 51.5 Å². The van der Waals surface area contributed by atoms with E-state index in [2.05, 4.69) is 58.8 Å². The Balaban J connectivity index is 1.17. The number of piperidine rings is 1. The van der Waals surface area contributed by atoms with Gasteiger partial charge < -0.3 is 15.1 Å². The zero-order chi connectivity index (χ0) is 27.1. The minimum absolute atomic E-state index is 0.136. The van der Waals surface area contributed by atoms with Gasteiger partial charge >= 0.3 is 5.97 Å². The molecule has 0 radical (unpaired) electrons. The molecule has 2 aromatic rings. The Kier molecular flexibility index (Phi) is 9.01. The Morgan fingerprint density at radius 2 is 1.82 bits per heavy atom. The minimum Gasteiger partial charge on any atom is -0.374 e. The number of anilines is 2. The number of nitrogens with one attached hydrogen (secondary N) is 3. The molecule has 204 valence electrons. The molecule has 2 fully saturated rings. The van der Waals surface area contributed by atoms with E-state index in [0.29, 0.717) is 24.9 Å². The molecule has 0 spiro atoms. The second kappa shape index (κ2) is 12.4. The van der Waals surface area contributed by atoms with E-state index in [9.17, 15) is 14.4 Å². The number of benzene rings is 2. The molecule has 3 N–H and O–H groups in total. The van der Waals surface area contributed by atoms with Crippen LogP contribution in [0.1, 0.15) is 56.0 Å². The fraction of sp³-hybridized carbons (Fsp3) is 0.483. The quantitative estimate of drug-likeness (QED) is 0.263. The number of nitrogens with zero attached hydrogens (tertiary/aromatic N) is 2. The van der Waals surface area contributed by atoms with E-state index in [1.165, 1.54) is 0 Å². The summed E-state index contributed by atoms with van der Waals surface area (Å²) in [6, 6.07) is 15.3. The average molecular weight is 522 g/mol. The molecule has 2 aliphatic heterocycles. The fourth-order valence-electron chi connectivity index (χ4n) is 4.92. The van der Waals surface area contributed by atoms with Gasteiger partial charge in [0.15, 0.2) is 0 Å². The molecule has 38 heavy (non-hydrogen) atoms. The Bertz CT molecular complexity index is 1140. The van der Waals surface area contributed by atoms with E-state index in [4.69, 9.17) is 4.84 Å². The lowest BCUT2D eigenvalue weighted by atomic mass is 9.84. The van der Waals surface area contributed by atoms with Crippen LogP contribution < -0.4 is 21.0 Å². The third-order valence-electron chi connectivity index (χ3n) is 7.04. The SMILES string of the molecule is CC(C)(C)c1ccccc1C(=O)ONCCCN1CCN(c2cccc(NC3CCC(=O)NC3=O)c2)CC1. The van der Waals surface area contributed by atoms with Gasteiger partial charge in [-0.25, -0.2) is 4.79 Å². The van der Waals surface area contributed by atoms with E-state index in [0.717, 1.165) is 56.1 Å². The van der Waals surface area contributed by atoms with Gasteiger partial charge in [-0.1, -0.05) is 45.0 Å². The molecule has 1 unspecified atom stereocenters. The van der Waals surface area contributed by atoms with E-state index in [-0.39, 0.29) is 29.2 Å². The van der Waals surface area contributed by atoms with Crippen LogP contribution in [0.25, 0.3) is 0 Å². The summed E-state index contributed by atoms with van der Waals surface area (Å²) in [5.41, 5.74) is 6.27. The maximum Gasteiger partial charge on any atom is 0.357 e. The maximum absolute atomic E-state index is 12.6. The third-order valence-corrected chi connectivity index (χ3v) is 7.04. The van der Waals surface area contributed by atoms with Crippen molar-refractivity contribution in [3.8, 4) is 0 Å². The van der Waals surface area contributed by atoms with Crippen molar-refractivity contribution in [3.63, 3.8) is 0 Å². The van der Waals surface area contributed by atoms with Gasteiger partial charge in [0.25, 0.3) is 0 Å². The van der Waals surface area contributed by atoms with Crippen LogP contribution in [0.15, 0.2) is 48.5 Å². The first-order valence-electron chi connectivity index (χ1n) is 13.4. The maximum atomic E-state index is 12.6. The first kappa shape index (κ1) is 27.6. The van der Waals surface area contributed by atoms with Gasteiger partial charge in [0.05, 0.1) is 5.56 Å². The van der Waals surface area contributed by atoms with Gasteiger partial charge in [0, 0.05) is 50.5 Å². The van der Waals surface area contributed by atoms with E-state index in [1.54, 1.807) is 0 Å². The lowest BCUT2D eigenvalue weighted by molar-refractivity contribution is -0.133. The molecule has 9 heteroatoms. The molecule has 2 amide bonds. The van der Waals surface area contributed by atoms with E-state index < -0.39 is 0 Å². The summed E-state index contributed by atoms with van der Waals surface area (Å²) in [5, 5.41) is 5.66. The highest BCUT2D eigenvalue weighted by Crippen LogP contribution is 2.26. The number of carbonyl (C=O) groups is 3. The fourth-order valence-corrected chi connectivity index (χ4v) is 4.92. The molecule has 2 aliphatic rings. The smallest absolute Gasteiger partial charge is 0.357 e.